The first-order chi connectivity index (χ1) is 11.3. The monoisotopic (exact) mass is 352 g/mol. The van der Waals surface area contributed by atoms with E-state index in [9.17, 15) is 4.79 Å². The summed E-state index contributed by atoms with van der Waals surface area (Å²) in [5.41, 5.74) is 2.30. The molecule has 1 amide bonds. The minimum absolute atomic E-state index is 0. The molecule has 1 aliphatic heterocycles. The zero-order valence-corrected chi connectivity index (χ0v) is 15.2. The van der Waals surface area contributed by atoms with Crippen LogP contribution in [0.2, 0.25) is 0 Å². The molecule has 1 saturated carbocycles. The lowest BCUT2D eigenvalue weighted by Gasteiger charge is -2.24. The van der Waals surface area contributed by atoms with E-state index >= 15 is 0 Å². The molecule has 134 valence electrons. The maximum absolute atomic E-state index is 12.4. The van der Waals surface area contributed by atoms with Gasteiger partial charge < -0.3 is 15.4 Å². The van der Waals surface area contributed by atoms with Crippen molar-refractivity contribution in [3.8, 4) is 0 Å². The van der Waals surface area contributed by atoms with Crippen LogP contribution in [0.4, 0.5) is 0 Å². The third kappa shape index (κ3) is 4.95. The van der Waals surface area contributed by atoms with Crippen LogP contribution in [0.25, 0.3) is 0 Å². The number of hydrogen-bond acceptors (Lipinski definition) is 3. The van der Waals surface area contributed by atoms with Gasteiger partial charge in [-0.15, -0.1) is 12.4 Å². The van der Waals surface area contributed by atoms with Crippen LogP contribution in [0.5, 0.6) is 0 Å². The fraction of sp³-hybridized carbons (Fsp3) is 0.632. The van der Waals surface area contributed by atoms with Crippen molar-refractivity contribution in [1.82, 2.24) is 10.6 Å². The van der Waals surface area contributed by atoms with Gasteiger partial charge in [-0.25, -0.2) is 0 Å². The zero-order valence-electron chi connectivity index (χ0n) is 14.4. The molecule has 1 heterocycles. The van der Waals surface area contributed by atoms with Crippen LogP contribution in [-0.2, 0) is 22.7 Å². The van der Waals surface area contributed by atoms with Gasteiger partial charge in [-0.05, 0) is 43.2 Å². The van der Waals surface area contributed by atoms with Gasteiger partial charge in [-0.3, -0.25) is 4.79 Å². The fourth-order valence-electron chi connectivity index (χ4n) is 3.81. The summed E-state index contributed by atoms with van der Waals surface area (Å²) in [6, 6.07) is 8.84. The molecule has 4 nitrogen and oxygen atoms in total. The zero-order chi connectivity index (χ0) is 16.1. The van der Waals surface area contributed by atoms with E-state index in [2.05, 4.69) is 34.9 Å². The van der Waals surface area contributed by atoms with Crippen LogP contribution in [0.15, 0.2) is 24.3 Å². The smallest absolute Gasteiger partial charge is 0.237 e. The van der Waals surface area contributed by atoms with Gasteiger partial charge in [0.1, 0.15) is 0 Å². The van der Waals surface area contributed by atoms with Crippen molar-refractivity contribution in [3.63, 3.8) is 0 Å². The Hall–Kier alpha value is -1.10. The second-order valence-corrected chi connectivity index (χ2v) is 6.78. The third-order valence-electron chi connectivity index (χ3n) is 5.14. The number of hydrogen-bond donors (Lipinski definition) is 2. The maximum Gasteiger partial charge on any atom is 0.237 e. The number of nitrogens with one attached hydrogen (secondary N) is 2. The van der Waals surface area contributed by atoms with Crippen molar-refractivity contribution in [3.05, 3.63) is 35.4 Å². The second-order valence-electron chi connectivity index (χ2n) is 6.78. The highest BCUT2D eigenvalue weighted by Crippen LogP contribution is 2.33. The van der Waals surface area contributed by atoms with Gasteiger partial charge >= 0.3 is 0 Å². The molecule has 24 heavy (non-hydrogen) atoms. The number of rotatable bonds is 6. The molecule has 1 aliphatic carbocycles. The van der Waals surface area contributed by atoms with Crippen LogP contribution in [0, 0.1) is 5.92 Å². The molecule has 2 N–H and O–H groups in total. The quantitative estimate of drug-likeness (QED) is 0.826. The summed E-state index contributed by atoms with van der Waals surface area (Å²) >= 11 is 0. The van der Waals surface area contributed by atoms with Crippen LogP contribution >= 0.6 is 12.4 Å². The van der Waals surface area contributed by atoms with E-state index < -0.39 is 0 Å². The predicted molar refractivity (Wildman–Crippen MR) is 98.2 cm³/mol. The normalized spacial score (nSPS) is 25.6. The largest absolute Gasteiger partial charge is 0.377 e. The topological polar surface area (TPSA) is 50.4 Å². The lowest BCUT2D eigenvalue weighted by atomic mass is 9.85. The Bertz CT molecular complexity index is 507. The molecule has 1 saturated heterocycles. The number of carbonyl (C=O) groups is 1. The molecule has 5 heteroatoms. The molecule has 0 aromatic heterocycles. The summed E-state index contributed by atoms with van der Waals surface area (Å²) in [6.07, 6.45) is 6.14. The van der Waals surface area contributed by atoms with E-state index in [0.29, 0.717) is 25.1 Å². The van der Waals surface area contributed by atoms with Crippen molar-refractivity contribution in [2.75, 3.05) is 6.61 Å². The van der Waals surface area contributed by atoms with Gasteiger partial charge in [-0.1, -0.05) is 37.1 Å². The Balaban J connectivity index is 0.00000208. The number of amides is 1. The highest BCUT2D eigenvalue weighted by Gasteiger charge is 2.37. The molecule has 2 aliphatic rings. The number of halogens is 1. The highest BCUT2D eigenvalue weighted by molar-refractivity contribution is 5.85. The number of carbonyl (C=O) groups excluding carboxylic acids is 1. The Morgan fingerprint density at radius 2 is 1.92 bits per heavy atom. The van der Waals surface area contributed by atoms with Crippen molar-refractivity contribution >= 4 is 18.3 Å². The van der Waals surface area contributed by atoms with Crippen molar-refractivity contribution in [2.45, 2.75) is 64.3 Å². The van der Waals surface area contributed by atoms with Crippen LogP contribution < -0.4 is 10.6 Å². The third-order valence-corrected chi connectivity index (χ3v) is 5.14. The Morgan fingerprint density at radius 3 is 2.62 bits per heavy atom. The van der Waals surface area contributed by atoms with E-state index in [1.165, 1.54) is 31.2 Å². The Kier molecular flexibility index (Phi) is 7.53. The molecule has 3 rings (SSSR count). The Morgan fingerprint density at radius 1 is 1.21 bits per heavy atom. The fourth-order valence-corrected chi connectivity index (χ4v) is 3.81. The maximum atomic E-state index is 12.4. The molecule has 3 unspecified atom stereocenters. The summed E-state index contributed by atoms with van der Waals surface area (Å²) in [7, 11) is 0. The molecule has 3 atom stereocenters. The summed E-state index contributed by atoms with van der Waals surface area (Å²) in [6.45, 7) is 3.98. The van der Waals surface area contributed by atoms with Gasteiger partial charge in [0.2, 0.25) is 5.91 Å². The van der Waals surface area contributed by atoms with Crippen LogP contribution in [0.1, 0.15) is 50.2 Å². The molecular weight excluding hydrogens is 324 g/mol. The number of ether oxygens (including phenoxy) is 1. The van der Waals surface area contributed by atoms with E-state index in [0.717, 1.165) is 18.6 Å². The van der Waals surface area contributed by atoms with E-state index in [1.807, 2.05) is 6.92 Å². The van der Waals surface area contributed by atoms with Gasteiger partial charge in [-0.2, -0.15) is 0 Å². The number of fused-ring (bicyclic) bond motifs is 1. The van der Waals surface area contributed by atoms with E-state index in [1.54, 1.807) is 0 Å². The van der Waals surface area contributed by atoms with E-state index in [-0.39, 0.29) is 24.4 Å². The first-order valence-electron chi connectivity index (χ1n) is 8.95. The lowest BCUT2D eigenvalue weighted by Crippen LogP contribution is -2.42. The summed E-state index contributed by atoms with van der Waals surface area (Å²) < 4.78 is 5.39. The van der Waals surface area contributed by atoms with Gasteiger partial charge in [0.25, 0.3) is 0 Å². The first kappa shape index (κ1) is 19.2. The molecule has 1 aromatic rings. The molecule has 2 fully saturated rings. The van der Waals surface area contributed by atoms with Gasteiger partial charge in [0.05, 0.1) is 12.6 Å². The van der Waals surface area contributed by atoms with Crippen molar-refractivity contribution < 1.29 is 9.53 Å². The first-order valence-corrected chi connectivity index (χ1v) is 8.95. The number of benzene rings is 1. The van der Waals surface area contributed by atoms with E-state index in [4.69, 9.17) is 4.74 Å². The van der Waals surface area contributed by atoms with Crippen LogP contribution in [0.3, 0.4) is 0 Å². The van der Waals surface area contributed by atoms with Gasteiger partial charge in [0, 0.05) is 19.2 Å². The molecule has 0 bridgehead atoms. The SMILES string of the molecule is CCOCc1ccc(CNC(=O)C2CC3CCCCC3N2)cc1.Cl. The molecule has 0 spiro atoms. The minimum atomic E-state index is 0. The average Bonchev–Trinajstić information content (AvgIpc) is 3.03. The molecule has 1 aromatic carbocycles. The summed E-state index contributed by atoms with van der Waals surface area (Å²) in [4.78, 5) is 12.4. The molecular formula is C19H29ClN2O2. The second kappa shape index (κ2) is 9.40. The Labute approximate surface area is 151 Å². The summed E-state index contributed by atoms with van der Waals surface area (Å²) in [5.74, 6) is 0.857. The minimum Gasteiger partial charge on any atom is -0.377 e. The molecule has 0 radical (unpaired) electrons. The van der Waals surface area contributed by atoms with Crippen molar-refractivity contribution in [2.24, 2.45) is 5.92 Å². The highest BCUT2D eigenvalue weighted by atomic mass is 35.5. The van der Waals surface area contributed by atoms with Crippen LogP contribution in [-0.4, -0.2) is 24.6 Å². The summed E-state index contributed by atoms with van der Waals surface area (Å²) in [5, 5.41) is 6.61. The average molecular weight is 353 g/mol. The van der Waals surface area contributed by atoms with Gasteiger partial charge in [0.15, 0.2) is 0 Å². The standard InChI is InChI=1S/C19H28N2O2.ClH/c1-2-23-13-15-9-7-14(8-10-15)12-20-19(22)18-11-16-5-3-4-6-17(16)21-18;/h7-10,16-18,21H,2-6,11-13H2,1H3,(H,20,22);1H. The van der Waals surface area contributed by atoms with Crippen molar-refractivity contribution in [1.29, 1.82) is 0 Å². The predicted octanol–water partition coefficient (Wildman–Crippen LogP) is 3.18. The lowest BCUT2D eigenvalue weighted by molar-refractivity contribution is -0.123.